The van der Waals surface area contributed by atoms with Gasteiger partial charge in [-0.1, -0.05) is 84.9 Å². The fraction of sp³-hybridized carbons (Fsp3) is 0.129. The van der Waals surface area contributed by atoms with Gasteiger partial charge in [0.05, 0.1) is 24.3 Å². The topological polar surface area (TPSA) is 75.7 Å². The SMILES string of the molecule is COc1ccc([C@@H](NC(=O)[C@@H](Cc2ccccc2)N2C(=O)c3ccccc3C2=O)c2ccccc2)cc1. The van der Waals surface area contributed by atoms with Gasteiger partial charge in [-0.2, -0.15) is 0 Å². The van der Waals surface area contributed by atoms with Gasteiger partial charge in [-0.05, 0) is 41.0 Å². The third kappa shape index (κ3) is 4.86. The van der Waals surface area contributed by atoms with Crippen molar-refractivity contribution in [3.8, 4) is 5.75 Å². The molecule has 3 amide bonds. The fourth-order valence-corrected chi connectivity index (χ4v) is 4.67. The van der Waals surface area contributed by atoms with Crippen LogP contribution in [0.5, 0.6) is 5.75 Å². The van der Waals surface area contributed by atoms with Crippen LogP contribution in [0.2, 0.25) is 0 Å². The normalized spacial score (nSPS) is 14.1. The summed E-state index contributed by atoms with van der Waals surface area (Å²) in [6, 6.07) is 31.6. The van der Waals surface area contributed by atoms with E-state index in [1.807, 2.05) is 84.9 Å². The number of fused-ring (bicyclic) bond motifs is 1. The summed E-state index contributed by atoms with van der Waals surface area (Å²) < 4.78 is 5.29. The average molecular weight is 491 g/mol. The van der Waals surface area contributed by atoms with Crippen LogP contribution in [0.3, 0.4) is 0 Å². The van der Waals surface area contributed by atoms with Gasteiger partial charge in [-0.15, -0.1) is 0 Å². The minimum atomic E-state index is -1.03. The monoisotopic (exact) mass is 490 g/mol. The Morgan fingerprint density at radius 2 is 1.24 bits per heavy atom. The largest absolute Gasteiger partial charge is 0.497 e. The molecule has 0 fully saturated rings. The van der Waals surface area contributed by atoms with Crippen molar-refractivity contribution in [1.82, 2.24) is 10.2 Å². The Hall–Kier alpha value is -4.71. The zero-order valence-corrected chi connectivity index (χ0v) is 20.3. The van der Waals surface area contributed by atoms with Crippen molar-refractivity contribution in [1.29, 1.82) is 0 Å². The fourth-order valence-electron chi connectivity index (χ4n) is 4.67. The van der Waals surface area contributed by atoms with Crippen LogP contribution in [-0.4, -0.2) is 35.8 Å². The highest BCUT2D eigenvalue weighted by Crippen LogP contribution is 2.28. The second-order valence-corrected chi connectivity index (χ2v) is 8.86. The molecule has 184 valence electrons. The van der Waals surface area contributed by atoms with E-state index in [4.69, 9.17) is 4.74 Å². The molecule has 0 unspecified atom stereocenters. The van der Waals surface area contributed by atoms with Gasteiger partial charge in [0, 0.05) is 6.42 Å². The highest BCUT2D eigenvalue weighted by atomic mass is 16.5. The van der Waals surface area contributed by atoms with Crippen molar-refractivity contribution >= 4 is 17.7 Å². The molecule has 0 spiro atoms. The number of imide groups is 1. The Kier molecular flexibility index (Phi) is 6.81. The van der Waals surface area contributed by atoms with E-state index in [9.17, 15) is 14.4 Å². The predicted molar refractivity (Wildman–Crippen MR) is 140 cm³/mol. The molecular formula is C31H26N2O4. The van der Waals surface area contributed by atoms with E-state index in [2.05, 4.69) is 5.32 Å². The zero-order valence-electron chi connectivity index (χ0n) is 20.3. The summed E-state index contributed by atoms with van der Waals surface area (Å²) >= 11 is 0. The molecule has 1 aliphatic rings. The van der Waals surface area contributed by atoms with Gasteiger partial charge < -0.3 is 10.1 Å². The summed E-state index contributed by atoms with van der Waals surface area (Å²) in [5, 5.41) is 3.13. The molecule has 1 aliphatic heterocycles. The molecule has 2 atom stereocenters. The maximum atomic E-state index is 14.0. The Balaban J connectivity index is 1.51. The molecule has 6 heteroatoms. The Morgan fingerprint density at radius 1 is 0.730 bits per heavy atom. The maximum Gasteiger partial charge on any atom is 0.262 e. The first kappa shape index (κ1) is 24.0. The van der Waals surface area contributed by atoms with Gasteiger partial charge in [0.25, 0.3) is 11.8 Å². The maximum absolute atomic E-state index is 14.0. The van der Waals surface area contributed by atoms with Crippen LogP contribution in [0, 0.1) is 0 Å². The first-order valence-corrected chi connectivity index (χ1v) is 12.1. The molecule has 0 aromatic heterocycles. The highest BCUT2D eigenvalue weighted by molar-refractivity contribution is 6.22. The first-order chi connectivity index (χ1) is 18.1. The molecule has 5 rings (SSSR count). The Bertz CT molecular complexity index is 1380. The smallest absolute Gasteiger partial charge is 0.262 e. The molecule has 0 aliphatic carbocycles. The van der Waals surface area contributed by atoms with Gasteiger partial charge in [-0.3, -0.25) is 19.3 Å². The second-order valence-electron chi connectivity index (χ2n) is 8.86. The van der Waals surface area contributed by atoms with E-state index < -0.39 is 29.8 Å². The number of rotatable bonds is 8. The van der Waals surface area contributed by atoms with Gasteiger partial charge in [0.2, 0.25) is 5.91 Å². The number of amides is 3. The lowest BCUT2D eigenvalue weighted by molar-refractivity contribution is -0.125. The molecular weight excluding hydrogens is 464 g/mol. The average Bonchev–Trinajstić information content (AvgIpc) is 3.21. The molecule has 4 aromatic rings. The second kappa shape index (κ2) is 10.5. The summed E-state index contributed by atoms with van der Waals surface area (Å²) in [5.41, 5.74) is 3.20. The molecule has 1 heterocycles. The lowest BCUT2D eigenvalue weighted by atomic mass is 9.97. The van der Waals surface area contributed by atoms with E-state index in [0.29, 0.717) is 16.9 Å². The predicted octanol–water partition coefficient (Wildman–Crippen LogP) is 4.81. The van der Waals surface area contributed by atoms with Crippen LogP contribution >= 0.6 is 0 Å². The number of hydrogen-bond donors (Lipinski definition) is 1. The van der Waals surface area contributed by atoms with Crippen molar-refractivity contribution in [2.75, 3.05) is 7.11 Å². The molecule has 0 saturated carbocycles. The van der Waals surface area contributed by atoms with Crippen LogP contribution in [-0.2, 0) is 11.2 Å². The van der Waals surface area contributed by atoms with E-state index in [0.717, 1.165) is 21.6 Å². The number of methoxy groups -OCH3 is 1. The van der Waals surface area contributed by atoms with Crippen molar-refractivity contribution in [2.24, 2.45) is 0 Å². The molecule has 6 nitrogen and oxygen atoms in total. The van der Waals surface area contributed by atoms with Crippen molar-refractivity contribution in [2.45, 2.75) is 18.5 Å². The number of nitrogens with zero attached hydrogens (tertiary/aromatic N) is 1. The number of carbonyl (C=O) groups is 3. The highest BCUT2D eigenvalue weighted by Gasteiger charge is 2.43. The summed E-state index contributed by atoms with van der Waals surface area (Å²) in [6.45, 7) is 0. The number of carbonyl (C=O) groups excluding carboxylic acids is 3. The molecule has 1 N–H and O–H groups in total. The first-order valence-electron chi connectivity index (χ1n) is 12.1. The number of ether oxygens (including phenoxy) is 1. The number of benzene rings is 4. The van der Waals surface area contributed by atoms with E-state index >= 15 is 0 Å². The van der Waals surface area contributed by atoms with Gasteiger partial charge in [0.15, 0.2) is 0 Å². The quantitative estimate of drug-likeness (QED) is 0.360. The minimum absolute atomic E-state index is 0.197. The van der Waals surface area contributed by atoms with E-state index in [1.165, 1.54) is 0 Å². The summed E-state index contributed by atoms with van der Waals surface area (Å²) in [6.07, 6.45) is 0.197. The van der Waals surface area contributed by atoms with Crippen LogP contribution in [0.15, 0.2) is 109 Å². The number of hydrogen-bond acceptors (Lipinski definition) is 4. The van der Waals surface area contributed by atoms with Gasteiger partial charge >= 0.3 is 0 Å². The van der Waals surface area contributed by atoms with Crippen molar-refractivity contribution < 1.29 is 19.1 Å². The molecule has 0 bridgehead atoms. The van der Waals surface area contributed by atoms with E-state index in [-0.39, 0.29) is 6.42 Å². The van der Waals surface area contributed by atoms with Gasteiger partial charge in [0.1, 0.15) is 11.8 Å². The Labute approximate surface area is 215 Å². The lowest BCUT2D eigenvalue weighted by Crippen LogP contribution is -2.51. The van der Waals surface area contributed by atoms with Crippen LogP contribution < -0.4 is 10.1 Å². The van der Waals surface area contributed by atoms with Crippen LogP contribution in [0.4, 0.5) is 0 Å². The Morgan fingerprint density at radius 3 is 1.81 bits per heavy atom. The van der Waals surface area contributed by atoms with Gasteiger partial charge in [-0.25, -0.2) is 0 Å². The van der Waals surface area contributed by atoms with E-state index in [1.54, 1.807) is 31.4 Å². The minimum Gasteiger partial charge on any atom is -0.497 e. The lowest BCUT2D eigenvalue weighted by Gasteiger charge is -2.28. The third-order valence-corrected chi connectivity index (χ3v) is 6.58. The molecule has 37 heavy (non-hydrogen) atoms. The summed E-state index contributed by atoms with van der Waals surface area (Å²) in [7, 11) is 1.60. The van der Waals surface area contributed by atoms with Crippen LogP contribution in [0.25, 0.3) is 0 Å². The van der Waals surface area contributed by atoms with Crippen molar-refractivity contribution in [3.63, 3.8) is 0 Å². The molecule has 0 saturated heterocycles. The van der Waals surface area contributed by atoms with Crippen molar-refractivity contribution in [3.05, 3.63) is 137 Å². The summed E-state index contributed by atoms with van der Waals surface area (Å²) in [4.78, 5) is 41.8. The molecule has 4 aromatic carbocycles. The zero-order chi connectivity index (χ0) is 25.8. The third-order valence-electron chi connectivity index (χ3n) is 6.58. The number of nitrogens with one attached hydrogen (secondary N) is 1. The molecule has 0 radical (unpaired) electrons. The summed E-state index contributed by atoms with van der Waals surface area (Å²) in [5.74, 6) is -0.632. The standard InChI is InChI=1S/C31H26N2O4/c1-37-24-18-16-23(17-19-24)28(22-12-6-3-7-13-22)32-29(34)27(20-21-10-4-2-5-11-21)33-30(35)25-14-8-9-15-26(25)31(33)36/h2-19,27-28H,20H2,1H3,(H,32,34)/t27-,28+/m1/s1. The van der Waals surface area contributed by atoms with Crippen LogP contribution in [0.1, 0.15) is 43.4 Å².